The van der Waals surface area contributed by atoms with Gasteiger partial charge in [0.2, 0.25) is 0 Å². The van der Waals surface area contributed by atoms with Gasteiger partial charge >= 0.3 is 0 Å². The Bertz CT molecular complexity index is 1110. The average Bonchev–Trinajstić information content (AvgIpc) is 3.18. The van der Waals surface area contributed by atoms with Crippen molar-refractivity contribution in [3.05, 3.63) is 66.4 Å². The first kappa shape index (κ1) is 18.0. The maximum atomic E-state index is 13.1. The van der Waals surface area contributed by atoms with E-state index in [1.807, 2.05) is 61.0 Å². The molecule has 0 saturated heterocycles. The number of hydrogen-bond donors (Lipinski definition) is 2. The van der Waals surface area contributed by atoms with Gasteiger partial charge in [-0.1, -0.05) is 30.3 Å². The fourth-order valence-electron chi connectivity index (χ4n) is 3.51. The van der Waals surface area contributed by atoms with Gasteiger partial charge in [-0.3, -0.25) is 9.59 Å². The van der Waals surface area contributed by atoms with Crippen LogP contribution in [0, 0.1) is 0 Å². The zero-order valence-corrected chi connectivity index (χ0v) is 15.7. The summed E-state index contributed by atoms with van der Waals surface area (Å²) in [7, 11) is 1.89. The average molecular weight is 375 g/mol. The van der Waals surface area contributed by atoms with Crippen LogP contribution in [-0.4, -0.2) is 34.1 Å². The first-order valence-electron chi connectivity index (χ1n) is 9.11. The van der Waals surface area contributed by atoms with Crippen molar-refractivity contribution in [2.24, 2.45) is 7.05 Å². The summed E-state index contributed by atoms with van der Waals surface area (Å²) in [4.78, 5) is 27.1. The van der Waals surface area contributed by atoms with Gasteiger partial charge in [-0.25, -0.2) is 4.90 Å². The van der Waals surface area contributed by atoms with Gasteiger partial charge < -0.3 is 15.0 Å². The molecule has 0 aliphatic carbocycles. The Balaban J connectivity index is 1.69. The van der Waals surface area contributed by atoms with Crippen LogP contribution in [0.15, 0.2) is 60.8 Å². The number of aromatic nitrogens is 1. The predicted octanol–water partition coefficient (Wildman–Crippen LogP) is 2.93. The first-order valence-corrected chi connectivity index (χ1v) is 9.11. The SMILES string of the molecule is CC(CO)Nc1cccc(C2=CC(=O)N(c3cn(C)c4ccccc34)C2=O)c1. The topological polar surface area (TPSA) is 74.6 Å². The lowest BCUT2D eigenvalue weighted by atomic mass is 10.1. The second-order valence-corrected chi connectivity index (χ2v) is 6.99. The highest BCUT2D eigenvalue weighted by atomic mass is 16.3. The molecule has 6 nitrogen and oxygen atoms in total. The normalized spacial score (nSPS) is 15.2. The number of benzene rings is 2. The number of rotatable bonds is 5. The number of anilines is 2. The number of aliphatic hydroxyl groups excluding tert-OH is 1. The third kappa shape index (κ3) is 2.97. The van der Waals surface area contributed by atoms with Gasteiger partial charge in [-0.05, 0) is 30.7 Å². The maximum absolute atomic E-state index is 13.1. The number of aliphatic hydroxyl groups is 1. The Morgan fingerprint density at radius 3 is 2.68 bits per heavy atom. The largest absolute Gasteiger partial charge is 0.394 e. The molecule has 1 unspecified atom stereocenters. The Morgan fingerprint density at radius 1 is 1.11 bits per heavy atom. The molecule has 1 atom stereocenters. The van der Waals surface area contributed by atoms with E-state index in [9.17, 15) is 14.7 Å². The summed E-state index contributed by atoms with van der Waals surface area (Å²) in [6.45, 7) is 1.86. The highest BCUT2D eigenvalue weighted by Crippen LogP contribution is 2.34. The molecule has 0 bridgehead atoms. The Labute approximate surface area is 162 Å². The minimum atomic E-state index is -0.349. The van der Waals surface area contributed by atoms with Gasteiger partial charge in [0.25, 0.3) is 11.8 Å². The van der Waals surface area contributed by atoms with E-state index in [4.69, 9.17) is 0 Å². The van der Waals surface area contributed by atoms with Crippen LogP contribution < -0.4 is 10.2 Å². The van der Waals surface area contributed by atoms with Crippen LogP contribution in [0.2, 0.25) is 0 Å². The minimum absolute atomic E-state index is 0.000794. The summed E-state index contributed by atoms with van der Waals surface area (Å²) in [6.07, 6.45) is 3.19. The zero-order chi connectivity index (χ0) is 19.8. The Morgan fingerprint density at radius 2 is 1.89 bits per heavy atom. The van der Waals surface area contributed by atoms with Crippen LogP contribution in [0.25, 0.3) is 16.5 Å². The van der Waals surface area contributed by atoms with E-state index < -0.39 is 0 Å². The molecule has 0 radical (unpaired) electrons. The lowest BCUT2D eigenvalue weighted by Gasteiger charge is -2.15. The quantitative estimate of drug-likeness (QED) is 0.673. The van der Waals surface area contributed by atoms with Crippen molar-refractivity contribution < 1.29 is 14.7 Å². The first-order chi connectivity index (χ1) is 13.5. The Kier molecular flexibility index (Phi) is 4.49. The summed E-state index contributed by atoms with van der Waals surface area (Å²) in [5.74, 6) is -0.688. The number of hydrogen-bond acceptors (Lipinski definition) is 4. The molecular formula is C22H21N3O3. The van der Waals surface area contributed by atoms with E-state index in [2.05, 4.69) is 5.32 Å². The molecule has 0 fully saturated rings. The number of carbonyl (C=O) groups excluding carboxylic acids is 2. The minimum Gasteiger partial charge on any atom is -0.394 e. The van der Waals surface area contributed by atoms with Crippen molar-refractivity contribution in [3.8, 4) is 0 Å². The second-order valence-electron chi connectivity index (χ2n) is 6.99. The van der Waals surface area contributed by atoms with Crippen LogP contribution >= 0.6 is 0 Å². The van der Waals surface area contributed by atoms with E-state index in [0.717, 1.165) is 16.6 Å². The molecule has 6 heteroatoms. The van der Waals surface area contributed by atoms with Gasteiger partial charge in [0.05, 0.1) is 17.9 Å². The Hall–Kier alpha value is -3.38. The summed E-state index contributed by atoms with van der Waals surface area (Å²) < 4.78 is 1.91. The summed E-state index contributed by atoms with van der Waals surface area (Å²) >= 11 is 0. The number of amides is 2. The fraction of sp³-hybridized carbons (Fsp3) is 0.182. The molecule has 0 saturated carbocycles. The summed E-state index contributed by atoms with van der Waals surface area (Å²) in [6, 6.07) is 14.9. The van der Waals surface area contributed by atoms with Crippen molar-refractivity contribution in [1.82, 2.24) is 4.57 Å². The van der Waals surface area contributed by atoms with E-state index in [1.54, 1.807) is 12.3 Å². The van der Waals surface area contributed by atoms with Crippen LogP contribution in [0.1, 0.15) is 12.5 Å². The molecular weight excluding hydrogens is 354 g/mol. The number of imide groups is 1. The van der Waals surface area contributed by atoms with Crippen LogP contribution in [0.5, 0.6) is 0 Å². The van der Waals surface area contributed by atoms with Crippen LogP contribution in [0.4, 0.5) is 11.4 Å². The highest BCUT2D eigenvalue weighted by Gasteiger charge is 2.34. The molecule has 4 rings (SSSR count). The molecule has 3 aromatic rings. The summed E-state index contributed by atoms with van der Waals surface area (Å²) in [5.41, 5.74) is 3.34. The molecule has 1 aliphatic heterocycles. The maximum Gasteiger partial charge on any atom is 0.266 e. The number of fused-ring (bicyclic) bond motifs is 1. The van der Waals surface area contributed by atoms with Gasteiger partial charge in [0.1, 0.15) is 0 Å². The molecule has 2 heterocycles. The molecule has 2 amide bonds. The van der Waals surface area contributed by atoms with Crippen LogP contribution in [-0.2, 0) is 16.6 Å². The third-order valence-corrected chi connectivity index (χ3v) is 4.90. The molecule has 142 valence electrons. The van der Waals surface area contributed by atoms with Crippen molar-refractivity contribution >= 4 is 39.7 Å². The number of carbonyl (C=O) groups is 2. The lowest BCUT2D eigenvalue weighted by Crippen LogP contribution is -2.30. The van der Waals surface area contributed by atoms with Gasteiger partial charge in [0.15, 0.2) is 0 Å². The fourth-order valence-corrected chi connectivity index (χ4v) is 3.51. The third-order valence-electron chi connectivity index (χ3n) is 4.90. The standard InChI is InChI=1S/C22H21N3O3/c1-14(13-26)23-16-7-5-6-15(10-16)18-11-21(27)25(22(18)28)20-12-24(2)19-9-4-3-8-17(19)20/h3-12,14,23,26H,13H2,1-2H3. The van der Waals surface area contributed by atoms with Gasteiger partial charge in [0, 0.05) is 42.0 Å². The van der Waals surface area contributed by atoms with Crippen molar-refractivity contribution in [1.29, 1.82) is 0 Å². The molecule has 2 N–H and O–H groups in total. The number of nitrogens with zero attached hydrogens (tertiary/aromatic N) is 2. The second kappa shape index (κ2) is 6.98. The molecule has 28 heavy (non-hydrogen) atoms. The van der Waals surface area contributed by atoms with Crippen molar-refractivity contribution in [2.75, 3.05) is 16.8 Å². The molecule has 0 spiro atoms. The highest BCUT2D eigenvalue weighted by molar-refractivity contribution is 6.44. The van der Waals surface area contributed by atoms with E-state index in [0.29, 0.717) is 16.8 Å². The van der Waals surface area contributed by atoms with Gasteiger partial charge in [-0.15, -0.1) is 0 Å². The lowest BCUT2D eigenvalue weighted by molar-refractivity contribution is -0.119. The summed E-state index contributed by atoms with van der Waals surface area (Å²) in [5, 5.41) is 13.2. The van der Waals surface area contributed by atoms with E-state index in [-0.39, 0.29) is 24.5 Å². The predicted molar refractivity (Wildman–Crippen MR) is 110 cm³/mol. The van der Waals surface area contributed by atoms with E-state index >= 15 is 0 Å². The number of nitrogens with one attached hydrogen (secondary N) is 1. The van der Waals surface area contributed by atoms with Crippen molar-refractivity contribution in [3.63, 3.8) is 0 Å². The number of para-hydroxylation sites is 1. The van der Waals surface area contributed by atoms with Crippen molar-refractivity contribution in [2.45, 2.75) is 13.0 Å². The number of aryl methyl sites for hydroxylation is 1. The van der Waals surface area contributed by atoms with Gasteiger partial charge in [-0.2, -0.15) is 0 Å². The molecule has 2 aromatic carbocycles. The molecule has 1 aromatic heterocycles. The monoisotopic (exact) mass is 375 g/mol. The zero-order valence-electron chi connectivity index (χ0n) is 15.7. The van der Waals surface area contributed by atoms with Crippen LogP contribution in [0.3, 0.4) is 0 Å². The van der Waals surface area contributed by atoms with E-state index in [1.165, 1.54) is 11.0 Å². The molecule has 1 aliphatic rings. The smallest absolute Gasteiger partial charge is 0.266 e.